The fraction of sp³-hybridized carbons (Fsp3) is 0.278. The van der Waals surface area contributed by atoms with Crippen molar-refractivity contribution in [3.63, 3.8) is 0 Å². The van der Waals surface area contributed by atoms with Gasteiger partial charge in [-0.2, -0.15) is 0 Å². The molecule has 5 heteroatoms. The highest BCUT2D eigenvalue weighted by Gasteiger charge is 2.11. The summed E-state index contributed by atoms with van der Waals surface area (Å²) in [5.74, 6) is 2.20. The highest BCUT2D eigenvalue weighted by Crippen LogP contribution is 2.28. The Kier molecular flexibility index (Phi) is 4.99. The Balaban J connectivity index is 1.74. The van der Waals surface area contributed by atoms with Gasteiger partial charge in [0.2, 0.25) is 5.78 Å². The third kappa shape index (κ3) is 4.16. The van der Waals surface area contributed by atoms with E-state index in [1.807, 2.05) is 36.4 Å². The van der Waals surface area contributed by atoms with E-state index in [1.165, 1.54) is 0 Å². The molecule has 0 unspecified atom stereocenters. The number of carbonyl (C=O) groups is 1. The summed E-state index contributed by atoms with van der Waals surface area (Å²) in [6.07, 6.45) is 0.724. The second-order valence-electron chi connectivity index (χ2n) is 5.06. The summed E-state index contributed by atoms with van der Waals surface area (Å²) in [5, 5.41) is 0. The minimum Gasteiger partial charge on any atom is -0.490 e. The SMILES string of the molecule is O=C1COc2ccccc2OCCCOc2ccccc2OC1. The Labute approximate surface area is 134 Å². The molecule has 0 radical (unpaired) electrons. The predicted molar refractivity (Wildman–Crippen MR) is 84.5 cm³/mol. The van der Waals surface area contributed by atoms with Crippen LogP contribution in [0.5, 0.6) is 23.0 Å². The van der Waals surface area contributed by atoms with Gasteiger partial charge >= 0.3 is 0 Å². The summed E-state index contributed by atoms with van der Waals surface area (Å²) in [5.41, 5.74) is 0. The topological polar surface area (TPSA) is 54.0 Å². The van der Waals surface area contributed by atoms with Crippen molar-refractivity contribution in [2.24, 2.45) is 0 Å². The number of fused-ring (bicyclic) bond motifs is 2. The Morgan fingerprint density at radius 2 is 1.00 bits per heavy atom. The lowest BCUT2D eigenvalue weighted by Gasteiger charge is -2.15. The molecular formula is C18H18O5. The molecule has 0 spiro atoms. The number of hydrogen-bond acceptors (Lipinski definition) is 5. The molecular weight excluding hydrogens is 296 g/mol. The van der Waals surface area contributed by atoms with Gasteiger partial charge in [-0.3, -0.25) is 4.79 Å². The van der Waals surface area contributed by atoms with Crippen molar-refractivity contribution >= 4 is 5.78 Å². The summed E-state index contributed by atoms with van der Waals surface area (Å²) in [7, 11) is 0. The lowest BCUT2D eigenvalue weighted by Crippen LogP contribution is -2.20. The van der Waals surface area contributed by atoms with Crippen LogP contribution in [-0.2, 0) is 4.79 Å². The standard InChI is InChI=1S/C18H18O5/c19-14-12-22-17-8-3-1-6-15(17)20-10-5-11-21-16-7-2-4-9-18(16)23-13-14/h1-4,6-9H,5,10-13H2. The molecule has 0 saturated carbocycles. The van der Waals surface area contributed by atoms with Crippen molar-refractivity contribution in [3.05, 3.63) is 48.5 Å². The van der Waals surface area contributed by atoms with Gasteiger partial charge in [0, 0.05) is 6.42 Å². The Bertz CT molecular complexity index is 612. The van der Waals surface area contributed by atoms with Gasteiger partial charge in [0.15, 0.2) is 36.2 Å². The van der Waals surface area contributed by atoms with Crippen LogP contribution in [0.3, 0.4) is 0 Å². The number of ketones is 1. The third-order valence-corrected chi connectivity index (χ3v) is 3.28. The summed E-state index contributed by atoms with van der Waals surface area (Å²) in [4.78, 5) is 11.9. The summed E-state index contributed by atoms with van der Waals surface area (Å²) >= 11 is 0. The summed E-state index contributed by atoms with van der Waals surface area (Å²) in [6.45, 7) is 0.863. The molecule has 2 aromatic carbocycles. The molecule has 0 atom stereocenters. The molecule has 0 amide bonds. The number of para-hydroxylation sites is 4. The van der Waals surface area contributed by atoms with Gasteiger partial charge in [-0.1, -0.05) is 24.3 Å². The summed E-state index contributed by atoms with van der Waals surface area (Å²) < 4.78 is 22.5. The van der Waals surface area contributed by atoms with E-state index in [1.54, 1.807) is 12.1 Å². The molecule has 1 heterocycles. The van der Waals surface area contributed by atoms with Gasteiger partial charge < -0.3 is 18.9 Å². The molecule has 3 rings (SSSR count). The Morgan fingerprint density at radius 1 is 0.609 bits per heavy atom. The first-order chi connectivity index (χ1) is 11.3. The number of hydrogen-bond donors (Lipinski definition) is 0. The number of Topliss-reactive ketones (excluding diaryl/α,β-unsaturated/α-hetero) is 1. The van der Waals surface area contributed by atoms with E-state index in [0.717, 1.165) is 6.42 Å². The third-order valence-electron chi connectivity index (χ3n) is 3.28. The first kappa shape index (κ1) is 15.2. The molecule has 0 aliphatic carbocycles. The zero-order valence-corrected chi connectivity index (χ0v) is 12.7. The van der Waals surface area contributed by atoms with Crippen LogP contribution in [0.4, 0.5) is 0 Å². The van der Waals surface area contributed by atoms with E-state index in [2.05, 4.69) is 0 Å². The van der Waals surface area contributed by atoms with E-state index in [-0.39, 0.29) is 19.0 Å². The molecule has 5 nitrogen and oxygen atoms in total. The average Bonchev–Trinajstić information content (AvgIpc) is 2.59. The highest BCUT2D eigenvalue weighted by atomic mass is 16.5. The average molecular weight is 314 g/mol. The smallest absolute Gasteiger partial charge is 0.207 e. The van der Waals surface area contributed by atoms with E-state index >= 15 is 0 Å². The number of ether oxygens (including phenoxy) is 4. The number of rotatable bonds is 0. The zero-order valence-electron chi connectivity index (χ0n) is 12.7. The van der Waals surface area contributed by atoms with Crippen molar-refractivity contribution in [1.82, 2.24) is 0 Å². The van der Waals surface area contributed by atoms with Crippen molar-refractivity contribution in [2.45, 2.75) is 6.42 Å². The molecule has 0 bridgehead atoms. The molecule has 23 heavy (non-hydrogen) atoms. The van der Waals surface area contributed by atoms with Crippen molar-refractivity contribution in [2.75, 3.05) is 26.4 Å². The molecule has 0 fully saturated rings. The van der Waals surface area contributed by atoms with Gasteiger partial charge in [0.1, 0.15) is 0 Å². The maximum absolute atomic E-state index is 11.9. The van der Waals surface area contributed by atoms with Gasteiger partial charge in [-0.05, 0) is 24.3 Å². The Hall–Kier alpha value is -2.69. The van der Waals surface area contributed by atoms with Crippen LogP contribution in [0, 0.1) is 0 Å². The van der Waals surface area contributed by atoms with Crippen LogP contribution < -0.4 is 18.9 Å². The van der Waals surface area contributed by atoms with E-state index in [0.29, 0.717) is 36.2 Å². The second kappa shape index (κ2) is 7.54. The maximum Gasteiger partial charge on any atom is 0.207 e. The van der Waals surface area contributed by atoms with Crippen LogP contribution >= 0.6 is 0 Å². The monoisotopic (exact) mass is 314 g/mol. The van der Waals surface area contributed by atoms with Gasteiger partial charge in [-0.15, -0.1) is 0 Å². The van der Waals surface area contributed by atoms with Gasteiger partial charge in [0.05, 0.1) is 13.2 Å². The van der Waals surface area contributed by atoms with Gasteiger partial charge in [0.25, 0.3) is 0 Å². The first-order valence-corrected chi connectivity index (χ1v) is 7.54. The minimum atomic E-state index is -0.160. The van der Waals surface area contributed by atoms with Crippen LogP contribution in [0.25, 0.3) is 0 Å². The highest BCUT2D eigenvalue weighted by molar-refractivity contribution is 5.81. The minimum absolute atomic E-state index is 0.0661. The summed E-state index contributed by atoms with van der Waals surface area (Å²) in [6, 6.07) is 14.6. The molecule has 2 aromatic rings. The van der Waals surface area contributed by atoms with Crippen molar-refractivity contribution < 1.29 is 23.7 Å². The fourth-order valence-corrected chi connectivity index (χ4v) is 2.16. The Morgan fingerprint density at radius 3 is 1.43 bits per heavy atom. The molecule has 1 aliphatic rings. The molecule has 120 valence electrons. The maximum atomic E-state index is 11.9. The van der Waals surface area contributed by atoms with Crippen LogP contribution in [0.1, 0.15) is 6.42 Å². The molecule has 0 saturated heterocycles. The van der Waals surface area contributed by atoms with Crippen LogP contribution in [-0.4, -0.2) is 32.2 Å². The van der Waals surface area contributed by atoms with E-state index in [4.69, 9.17) is 18.9 Å². The fourth-order valence-electron chi connectivity index (χ4n) is 2.16. The van der Waals surface area contributed by atoms with Crippen molar-refractivity contribution in [3.8, 4) is 23.0 Å². The first-order valence-electron chi connectivity index (χ1n) is 7.54. The zero-order chi connectivity index (χ0) is 15.9. The number of carbonyl (C=O) groups excluding carboxylic acids is 1. The molecule has 0 aromatic heterocycles. The largest absolute Gasteiger partial charge is 0.490 e. The molecule has 0 N–H and O–H groups in total. The second-order valence-corrected chi connectivity index (χ2v) is 5.06. The van der Waals surface area contributed by atoms with Crippen LogP contribution in [0.2, 0.25) is 0 Å². The van der Waals surface area contributed by atoms with E-state index in [9.17, 15) is 4.79 Å². The predicted octanol–water partition coefficient (Wildman–Crippen LogP) is 2.87. The van der Waals surface area contributed by atoms with Gasteiger partial charge in [-0.25, -0.2) is 0 Å². The van der Waals surface area contributed by atoms with E-state index < -0.39 is 0 Å². The quantitative estimate of drug-likeness (QED) is 0.748. The lowest BCUT2D eigenvalue weighted by atomic mass is 10.3. The lowest BCUT2D eigenvalue weighted by molar-refractivity contribution is -0.123. The van der Waals surface area contributed by atoms with Crippen molar-refractivity contribution in [1.29, 1.82) is 0 Å². The number of benzene rings is 2. The van der Waals surface area contributed by atoms with Crippen LogP contribution in [0.15, 0.2) is 48.5 Å². The normalized spacial score (nSPS) is 15.6. The molecule has 1 aliphatic heterocycles.